The summed E-state index contributed by atoms with van der Waals surface area (Å²) in [6.07, 6.45) is 3.25. The predicted molar refractivity (Wildman–Crippen MR) is 124 cm³/mol. The van der Waals surface area contributed by atoms with E-state index in [0.717, 1.165) is 11.3 Å². The van der Waals surface area contributed by atoms with E-state index >= 15 is 0 Å². The maximum Gasteiger partial charge on any atom is 0.276 e. The molecule has 0 aliphatic rings. The van der Waals surface area contributed by atoms with Crippen LogP contribution in [0.5, 0.6) is 0 Å². The highest BCUT2D eigenvalue weighted by Gasteiger charge is 2.19. The summed E-state index contributed by atoms with van der Waals surface area (Å²) < 4.78 is 26.1. The van der Waals surface area contributed by atoms with Gasteiger partial charge in [-0.15, -0.1) is 0 Å². The summed E-state index contributed by atoms with van der Waals surface area (Å²) in [5.41, 5.74) is 3.41. The van der Waals surface area contributed by atoms with Crippen molar-refractivity contribution in [3.63, 3.8) is 0 Å². The van der Waals surface area contributed by atoms with Crippen molar-refractivity contribution in [3.8, 4) is 17.1 Å². The zero-order valence-corrected chi connectivity index (χ0v) is 18.6. The second kappa shape index (κ2) is 8.17. The minimum Gasteiger partial charge on any atom is -0.321 e. The number of amides is 1. The van der Waals surface area contributed by atoms with Crippen LogP contribution in [0.15, 0.2) is 78.1 Å². The van der Waals surface area contributed by atoms with Gasteiger partial charge in [0.25, 0.3) is 5.91 Å². The number of benzene rings is 1. The molecule has 1 aromatic carbocycles. The molecular formula is C22H18N8O3S. The van der Waals surface area contributed by atoms with Gasteiger partial charge in [-0.1, -0.05) is 6.07 Å². The fraction of sp³-hybridized carbons (Fsp3) is 0.0455. The number of pyridine rings is 2. The zero-order chi connectivity index (χ0) is 23.9. The second-order valence-corrected chi connectivity index (χ2v) is 9.03. The van der Waals surface area contributed by atoms with Gasteiger partial charge in [0.15, 0.2) is 17.2 Å². The molecule has 0 aliphatic heterocycles. The summed E-state index contributed by atoms with van der Waals surface area (Å²) in [5, 5.41) is 16.5. The van der Waals surface area contributed by atoms with Gasteiger partial charge in [0.1, 0.15) is 6.33 Å². The van der Waals surface area contributed by atoms with Crippen LogP contribution in [0.1, 0.15) is 16.2 Å². The summed E-state index contributed by atoms with van der Waals surface area (Å²) in [6, 6.07) is 16.4. The molecule has 0 spiro atoms. The van der Waals surface area contributed by atoms with Crippen LogP contribution < -0.4 is 10.5 Å². The van der Waals surface area contributed by atoms with Gasteiger partial charge in [-0.05, 0) is 61.5 Å². The average Bonchev–Trinajstić information content (AvgIpc) is 3.46. The molecule has 1 amide bonds. The Bertz CT molecular complexity index is 1640. The molecule has 5 rings (SSSR count). The Kier molecular flexibility index (Phi) is 5.15. The smallest absolute Gasteiger partial charge is 0.276 e. The SMILES string of the molecule is Cc1cccc(-n2nc(C(=O)Nc3ccc(S(N)(=O)=O)cc3)cc2-c2ccc3ncnn3c2)n1. The Balaban J connectivity index is 1.54. The third-order valence-corrected chi connectivity index (χ3v) is 5.97. The molecule has 0 saturated heterocycles. The Labute approximate surface area is 193 Å². The molecular weight excluding hydrogens is 456 g/mol. The Morgan fingerprint density at radius 1 is 1.06 bits per heavy atom. The number of fused-ring (bicyclic) bond motifs is 1. The van der Waals surface area contributed by atoms with Crippen LogP contribution in [-0.2, 0) is 10.0 Å². The number of rotatable bonds is 5. The molecule has 11 nitrogen and oxygen atoms in total. The lowest BCUT2D eigenvalue weighted by atomic mass is 10.2. The molecule has 4 heterocycles. The summed E-state index contributed by atoms with van der Waals surface area (Å²) in [7, 11) is -3.83. The van der Waals surface area contributed by atoms with E-state index in [9.17, 15) is 13.2 Å². The number of anilines is 1. The molecule has 34 heavy (non-hydrogen) atoms. The molecule has 5 aromatic rings. The van der Waals surface area contributed by atoms with E-state index < -0.39 is 15.9 Å². The minimum absolute atomic E-state index is 0.0499. The lowest BCUT2D eigenvalue weighted by Gasteiger charge is -2.07. The molecule has 0 radical (unpaired) electrons. The van der Waals surface area contributed by atoms with E-state index in [4.69, 9.17) is 5.14 Å². The monoisotopic (exact) mass is 474 g/mol. The van der Waals surface area contributed by atoms with Gasteiger partial charge < -0.3 is 5.32 Å². The van der Waals surface area contributed by atoms with Gasteiger partial charge in [0, 0.05) is 23.1 Å². The van der Waals surface area contributed by atoms with Crippen LogP contribution in [-0.4, -0.2) is 43.7 Å². The van der Waals surface area contributed by atoms with Crippen LogP contribution in [0.4, 0.5) is 5.69 Å². The van der Waals surface area contributed by atoms with E-state index in [1.165, 1.54) is 30.6 Å². The van der Waals surface area contributed by atoms with Gasteiger partial charge in [0.05, 0.1) is 10.6 Å². The number of carbonyl (C=O) groups excluding carboxylic acids is 1. The van der Waals surface area contributed by atoms with Gasteiger partial charge >= 0.3 is 0 Å². The summed E-state index contributed by atoms with van der Waals surface area (Å²) >= 11 is 0. The fourth-order valence-electron chi connectivity index (χ4n) is 3.41. The number of nitrogens with one attached hydrogen (secondary N) is 1. The maximum absolute atomic E-state index is 13.0. The highest BCUT2D eigenvalue weighted by molar-refractivity contribution is 7.89. The molecule has 170 valence electrons. The summed E-state index contributed by atoms with van der Waals surface area (Å²) in [6.45, 7) is 1.87. The van der Waals surface area contributed by atoms with Crippen molar-refractivity contribution < 1.29 is 13.2 Å². The number of aryl methyl sites for hydroxylation is 1. The lowest BCUT2D eigenvalue weighted by Crippen LogP contribution is -2.14. The quantitative estimate of drug-likeness (QED) is 0.396. The first-order valence-corrected chi connectivity index (χ1v) is 11.6. The molecule has 12 heteroatoms. The Morgan fingerprint density at radius 2 is 1.85 bits per heavy atom. The molecule has 0 bridgehead atoms. The highest BCUT2D eigenvalue weighted by atomic mass is 32.2. The first kappa shape index (κ1) is 21.4. The van der Waals surface area contributed by atoms with E-state index in [-0.39, 0.29) is 10.6 Å². The van der Waals surface area contributed by atoms with Crippen LogP contribution in [0.2, 0.25) is 0 Å². The van der Waals surface area contributed by atoms with E-state index in [0.29, 0.717) is 22.8 Å². The standard InChI is InChI=1S/C22H18N8O3S/c1-14-3-2-4-21(26-14)30-19(15-5-10-20-24-13-25-29(20)12-15)11-18(28-30)22(31)27-16-6-8-17(9-7-16)34(23,32)33/h2-13H,1H3,(H,27,31)(H2,23,32,33). The molecule has 0 unspecified atom stereocenters. The van der Waals surface area contributed by atoms with E-state index in [2.05, 4.69) is 25.5 Å². The fourth-order valence-corrected chi connectivity index (χ4v) is 3.93. The number of aromatic nitrogens is 6. The van der Waals surface area contributed by atoms with Crippen molar-refractivity contribution in [1.29, 1.82) is 0 Å². The predicted octanol–water partition coefficient (Wildman–Crippen LogP) is 2.19. The normalized spacial score (nSPS) is 11.6. The summed E-state index contributed by atoms with van der Waals surface area (Å²) in [5.74, 6) is 0.0723. The third kappa shape index (κ3) is 4.14. The van der Waals surface area contributed by atoms with Crippen molar-refractivity contribution in [2.45, 2.75) is 11.8 Å². The minimum atomic E-state index is -3.83. The van der Waals surface area contributed by atoms with Crippen molar-refractivity contribution in [2.24, 2.45) is 5.14 Å². The number of hydrogen-bond acceptors (Lipinski definition) is 7. The number of nitrogens with zero attached hydrogens (tertiary/aromatic N) is 6. The zero-order valence-electron chi connectivity index (χ0n) is 17.8. The molecule has 0 aliphatic carbocycles. The van der Waals surface area contributed by atoms with Gasteiger partial charge in [-0.3, -0.25) is 4.79 Å². The highest BCUT2D eigenvalue weighted by Crippen LogP contribution is 2.24. The van der Waals surface area contributed by atoms with Crippen LogP contribution >= 0.6 is 0 Å². The molecule has 0 saturated carbocycles. The molecule has 3 N–H and O–H groups in total. The van der Waals surface area contributed by atoms with Crippen LogP contribution in [0.3, 0.4) is 0 Å². The first-order chi connectivity index (χ1) is 16.3. The Hall–Kier alpha value is -4.42. The van der Waals surface area contributed by atoms with E-state index in [1.54, 1.807) is 27.5 Å². The van der Waals surface area contributed by atoms with Crippen molar-refractivity contribution in [1.82, 2.24) is 29.4 Å². The second-order valence-electron chi connectivity index (χ2n) is 7.47. The molecule has 4 aromatic heterocycles. The topological polar surface area (TPSA) is 150 Å². The number of sulfonamides is 1. The van der Waals surface area contributed by atoms with Gasteiger partial charge in [0.2, 0.25) is 10.0 Å². The van der Waals surface area contributed by atoms with Crippen LogP contribution in [0.25, 0.3) is 22.7 Å². The third-order valence-electron chi connectivity index (χ3n) is 5.04. The van der Waals surface area contributed by atoms with E-state index in [1.807, 2.05) is 31.2 Å². The van der Waals surface area contributed by atoms with Crippen molar-refractivity contribution >= 4 is 27.3 Å². The largest absolute Gasteiger partial charge is 0.321 e. The maximum atomic E-state index is 13.0. The number of nitrogens with two attached hydrogens (primary N) is 1. The summed E-state index contributed by atoms with van der Waals surface area (Å²) in [4.78, 5) is 21.6. The number of carbonyl (C=O) groups is 1. The first-order valence-electron chi connectivity index (χ1n) is 10.1. The van der Waals surface area contributed by atoms with Gasteiger partial charge in [-0.25, -0.2) is 32.7 Å². The van der Waals surface area contributed by atoms with Crippen molar-refractivity contribution in [3.05, 3.63) is 84.6 Å². The Morgan fingerprint density at radius 3 is 2.59 bits per heavy atom. The van der Waals surface area contributed by atoms with Crippen LogP contribution in [0, 0.1) is 6.92 Å². The van der Waals surface area contributed by atoms with Crippen molar-refractivity contribution in [2.75, 3.05) is 5.32 Å². The number of primary sulfonamides is 1. The average molecular weight is 475 g/mol. The molecule has 0 fully saturated rings. The molecule has 0 atom stereocenters. The number of hydrogen-bond donors (Lipinski definition) is 2. The van der Waals surface area contributed by atoms with Gasteiger partial charge in [-0.2, -0.15) is 10.2 Å². The lowest BCUT2D eigenvalue weighted by molar-refractivity contribution is 0.102.